The van der Waals surface area contributed by atoms with Crippen molar-refractivity contribution in [3.8, 4) is 11.5 Å². The average Bonchev–Trinajstić information content (AvgIpc) is 2.87. The monoisotopic (exact) mass is 458 g/mol. The van der Waals surface area contributed by atoms with E-state index in [0.29, 0.717) is 0 Å². The van der Waals surface area contributed by atoms with Gasteiger partial charge in [-0.1, -0.05) is 48.0 Å². The highest BCUT2D eigenvalue weighted by Gasteiger charge is 2.39. The molecular formula is C23H27BrN2O3. The summed E-state index contributed by atoms with van der Waals surface area (Å²) >= 11 is 3.59. The maximum Gasteiger partial charge on any atom is 0.407 e. The fraction of sp³-hybridized carbons (Fsp3) is 0.435. The molecule has 2 atom stereocenters. The first-order valence-corrected chi connectivity index (χ1v) is 11.2. The molecule has 0 radical (unpaired) electrons. The Balaban J connectivity index is 1.69. The number of fused-ring (bicyclic) bond motifs is 5. The molecule has 29 heavy (non-hydrogen) atoms. The minimum absolute atomic E-state index is 0.00949. The Kier molecular flexibility index (Phi) is 5.99. The Morgan fingerprint density at radius 2 is 2.03 bits per heavy atom. The Hall–Kier alpha value is -2.21. The summed E-state index contributed by atoms with van der Waals surface area (Å²) < 4.78 is 12.9. The van der Waals surface area contributed by atoms with E-state index in [9.17, 15) is 4.79 Å². The van der Waals surface area contributed by atoms with E-state index in [1.807, 2.05) is 44.2 Å². The Labute approximate surface area is 180 Å². The molecule has 1 fully saturated rings. The second kappa shape index (κ2) is 8.66. The van der Waals surface area contributed by atoms with Gasteiger partial charge in [-0.15, -0.1) is 0 Å². The molecule has 4 rings (SSSR count). The van der Waals surface area contributed by atoms with Gasteiger partial charge in [-0.3, -0.25) is 0 Å². The molecule has 0 aromatic heterocycles. The minimum Gasteiger partial charge on any atom is -0.455 e. The number of alkyl carbamates (subject to hydrolysis) is 1. The van der Waals surface area contributed by atoms with Gasteiger partial charge in [0.05, 0.1) is 17.8 Å². The zero-order chi connectivity index (χ0) is 20.4. The molecule has 2 aliphatic heterocycles. The highest BCUT2D eigenvalue weighted by atomic mass is 79.9. The molecular weight excluding hydrogens is 432 g/mol. The predicted molar refractivity (Wildman–Crippen MR) is 118 cm³/mol. The molecule has 6 heteroatoms. The summed E-state index contributed by atoms with van der Waals surface area (Å²) in [6.07, 6.45) is 3.15. The van der Waals surface area contributed by atoms with Crippen LogP contribution in [-0.2, 0) is 4.74 Å². The van der Waals surface area contributed by atoms with E-state index in [0.717, 1.165) is 59.5 Å². The molecule has 0 aliphatic carbocycles. The molecule has 2 heterocycles. The first-order valence-electron chi connectivity index (χ1n) is 10.4. The number of rotatable bonds is 4. The molecule has 154 valence electrons. The third-order valence-corrected chi connectivity index (χ3v) is 6.30. The lowest BCUT2D eigenvalue weighted by atomic mass is 9.89. The number of anilines is 1. The molecule has 0 saturated carbocycles. The Morgan fingerprint density at radius 1 is 1.24 bits per heavy atom. The summed E-state index contributed by atoms with van der Waals surface area (Å²) in [5.41, 5.74) is 2.13. The molecule has 1 saturated heterocycles. The maximum absolute atomic E-state index is 12.6. The first kappa shape index (κ1) is 20.1. The molecule has 0 spiro atoms. The van der Waals surface area contributed by atoms with E-state index in [4.69, 9.17) is 9.47 Å². The number of hydrogen-bond acceptors (Lipinski definition) is 4. The van der Waals surface area contributed by atoms with Crippen LogP contribution in [0, 0.1) is 0 Å². The number of amides is 1. The number of nitrogens with one attached hydrogen (secondary N) is 1. The van der Waals surface area contributed by atoms with E-state index < -0.39 is 0 Å². The van der Waals surface area contributed by atoms with Gasteiger partial charge in [-0.2, -0.15) is 0 Å². The second-order valence-corrected chi connectivity index (χ2v) is 8.54. The van der Waals surface area contributed by atoms with Crippen LogP contribution in [0.15, 0.2) is 46.9 Å². The number of benzene rings is 2. The fourth-order valence-corrected chi connectivity index (χ4v) is 4.68. The normalized spacial score (nSPS) is 20.1. The third kappa shape index (κ3) is 4.08. The van der Waals surface area contributed by atoms with Gasteiger partial charge in [-0.05, 0) is 49.9 Å². The van der Waals surface area contributed by atoms with Gasteiger partial charge in [0.2, 0.25) is 0 Å². The van der Waals surface area contributed by atoms with Crippen LogP contribution in [0.5, 0.6) is 11.5 Å². The molecule has 1 amide bonds. The Morgan fingerprint density at radius 3 is 2.83 bits per heavy atom. The van der Waals surface area contributed by atoms with Crippen molar-refractivity contribution in [3.63, 3.8) is 0 Å². The van der Waals surface area contributed by atoms with Gasteiger partial charge in [0, 0.05) is 16.6 Å². The number of nitrogens with zero attached hydrogens (tertiary/aromatic N) is 1. The standard InChI is InChI=1S/C23H27BrN2O3/c1-3-16(4-2)28-23(27)25-18-9-7-13-26-19-14-15(24)11-12-21(19)29-20-10-6-5-8-17(20)22(18)26/h5-6,8,10-12,14,16,18,22H,3-4,7,9,13H2,1-2H3,(H,25,27)/t18-,22+/m1/s1. The largest absolute Gasteiger partial charge is 0.455 e. The minimum atomic E-state index is -0.331. The lowest BCUT2D eigenvalue weighted by molar-refractivity contribution is 0.0876. The first-order chi connectivity index (χ1) is 14.1. The quantitative estimate of drug-likeness (QED) is 0.593. The molecule has 5 nitrogen and oxygen atoms in total. The van der Waals surface area contributed by atoms with Crippen LogP contribution in [0.3, 0.4) is 0 Å². The van der Waals surface area contributed by atoms with Crippen LogP contribution in [0.4, 0.5) is 10.5 Å². The second-order valence-electron chi connectivity index (χ2n) is 7.63. The summed E-state index contributed by atoms with van der Waals surface area (Å²) in [6.45, 7) is 4.99. The van der Waals surface area contributed by atoms with Crippen LogP contribution in [0.1, 0.15) is 51.1 Å². The zero-order valence-corrected chi connectivity index (χ0v) is 18.4. The van der Waals surface area contributed by atoms with E-state index in [-0.39, 0.29) is 24.3 Å². The number of hydrogen-bond donors (Lipinski definition) is 1. The van der Waals surface area contributed by atoms with Gasteiger partial charge in [-0.25, -0.2) is 4.79 Å². The number of para-hydroxylation sites is 1. The van der Waals surface area contributed by atoms with Crippen LogP contribution >= 0.6 is 15.9 Å². The molecule has 2 aliphatic rings. The van der Waals surface area contributed by atoms with E-state index in [1.54, 1.807) is 0 Å². The van der Waals surface area contributed by atoms with E-state index >= 15 is 0 Å². The summed E-state index contributed by atoms with van der Waals surface area (Å²) in [5.74, 6) is 1.68. The van der Waals surface area contributed by atoms with Gasteiger partial charge >= 0.3 is 6.09 Å². The van der Waals surface area contributed by atoms with Crippen molar-refractivity contribution in [1.82, 2.24) is 5.32 Å². The van der Waals surface area contributed by atoms with Gasteiger partial charge in [0.1, 0.15) is 11.9 Å². The molecule has 1 N–H and O–H groups in total. The fourth-order valence-electron chi connectivity index (χ4n) is 4.33. The SMILES string of the molecule is CCC(CC)OC(=O)N[C@@H]1CCCN2c3cc(Br)ccc3Oc3ccccc3[C@@H]12. The van der Waals surface area contributed by atoms with Crippen LogP contribution in [0.2, 0.25) is 0 Å². The topological polar surface area (TPSA) is 50.8 Å². The van der Waals surface area contributed by atoms with Crippen molar-refractivity contribution in [1.29, 1.82) is 0 Å². The number of halogens is 1. The summed E-state index contributed by atoms with van der Waals surface area (Å²) in [6, 6.07) is 14.1. The number of carbonyl (C=O) groups is 1. The van der Waals surface area contributed by atoms with Crippen molar-refractivity contribution in [2.75, 3.05) is 11.4 Å². The lowest BCUT2D eigenvalue weighted by Crippen LogP contribution is -2.50. The molecule has 2 aromatic carbocycles. The summed E-state index contributed by atoms with van der Waals surface area (Å²) in [7, 11) is 0. The van der Waals surface area contributed by atoms with Crippen molar-refractivity contribution < 1.29 is 14.3 Å². The molecule has 0 unspecified atom stereocenters. The molecule has 0 bridgehead atoms. The number of carbonyl (C=O) groups excluding carboxylic acids is 1. The van der Waals surface area contributed by atoms with Crippen molar-refractivity contribution in [2.24, 2.45) is 0 Å². The van der Waals surface area contributed by atoms with Crippen molar-refractivity contribution >= 4 is 27.7 Å². The molecule has 2 aromatic rings. The third-order valence-electron chi connectivity index (χ3n) is 5.81. The van der Waals surface area contributed by atoms with Gasteiger partial charge in [0.15, 0.2) is 5.75 Å². The highest BCUT2D eigenvalue weighted by Crippen LogP contribution is 2.48. The van der Waals surface area contributed by atoms with Gasteiger partial charge in [0.25, 0.3) is 0 Å². The van der Waals surface area contributed by atoms with Crippen molar-refractivity contribution in [3.05, 3.63) is 52.5 Å². The number of ether oxygens (including phenoxy) is 2. The van der Waals surface area contributed by atoms with Gasteiger partial charge < -0.3 is 19.7 Å². The lowest BCUT2D eigenvalue weighted by Gasteiger charge is -2.42. The average molecular weight is 459 g/mol. The van der Waals surface area contributed by atoms with E-state index in [1.165, 1.54) is 0 Å². The summed E-state index contributed by atoms with van der Waals surface area (Å²) in [4.78, 5) is 15.0. The smallest absolute Gasteiger partial charge is 0.407 e. The zero-order valence-electron chi connectivity index (χ0n) is 16.9. The number of piperidine rings is 1. The Bertz CT molecular complexity index is 884. The van der Waals surface area contributed by atoms with Crippen LogP contribution in [0.25, 0.3) is 0 Å². The van der Waals surface area contributed by atoms with Crippen LogP contribution < -0.4 is 15.0 Å². The highest BCUT2D eigenvalue weighted by molar-refractivity contribution is 9.10. The predicted octanol–water partition coefficient (Wildman–Crippen LogP) is 6.18. The van der Waals surface area contributed by atoms with Crippen molar-refractivity contribution in [2.45, 2.75) is 57.7 Å². The summed E-state index contributed by atoms with van der Waals surface area (Å²) in [5, 5.41) is 3.16. The maximum atomic E-state index is 12.6. The van der Waals surface area contributed by atoms with Crippen LogP contribution in [-0.4, -0.2) is 24.8 Å². The van der Waals surface area contributed by atoms with E-state index in [2.05, 4.69) is 38.3 Å².